The van der Waals surface area contributed by atoms with Crippen molar-refractivity contribution in [2.24, 2.45) is 0 Å². The van der Waals surface area contributed by atoms with E-state index in [9.17, 15) is 0 Å². The lowest BCUT2D eigenvalue weighted by Gasteiger charge is -2.02. The maximum atomic E-state index is 3.24. The summed E-state index contributed by atoms with van der Waals surface area (Å²) < 4.78 is 0. The molecule has 0 radical (unpaired) electrons. The predicted molar refractivity (Wildman–Crippen MR) is 69.2 cm³/mol. The van der Waals surface area contributed by atoms with Crippen molar-refractivity contribution in [3.63, 3.8) is 0 Å². The lowest BCUT2D eigenvalue weighted by molar-refractivity contribution is 0.739. The smallest absolute Gasteiger partial charge is 0.0141 e. The first kappa shape index (κ1) is 12.2. The summed E-state index contributed by atoms with van der Waals surface area (Å²) in [5, 5.41) is 3.24. The number of thioether (sulfide) groups is 1. The van der Waals surface area contributed by atoms with Gasteiger partial charge in [0.05, 0.1) is 0 Å². The zero-order chi connectivity index (χ0) is 10.8. The van der Waals surface area contributed by atoms with Crippen LogP contribution in [0.1, 0.15) is 19.8 Å². The Morgan fingerprint density at radius 2 is 2.00 bits per heavy atom. The van der Waals surface area contributed by atoms with Crippen LogP contribution in [0.5, 0.6) is 0 Å². The van der Waals surface area contributed by atoms with Crippen molar-refractivity contribution < 1.29 is 0 Å². The van der Waals surface area contributed by atoms with Gasteiger partial charge in [-0.25, -0.2) is 0 Å². The van der Waals surface area contributed by atoms with Gasteiger partial charge in [0.2, 0.25) is 0 Å². The van der Waals surface area contributed by atoms with E-state index in [1.165, 1.54) is 23.5 Å². The summed E-state index contributed by atoms with van der Waals surface area (Å²) in [5.74, 6) is 1.21. The fourth-order valence-electron chi connectivity index (χ4n) is 1.24. The Balaban J connectivity index is 1.98. The monoisotopic (exact) mass is 221 g/mol. The molecule has 1 rings (SSSR count). The van der Waals surface area contributed by atoms with Gasteiger partial charge >= 0.3 is 0 Å². The molecule has 1 aromatic rings. The SMILES string of the molecule is CC=CNCCCCSc1ccccc1. The van der Waals surface area contributed by atoms with Gasteiger partial charge in [-0.2, -0.15) is 0 Å². The summed E-state index contributed by atoms with van der Waals surface area (Å²) in [4.78, 5) is 1.37. The van der Waals surface area contributed by atoms with E-state index in [2.05, 4.69) is 35.6 Å². The highest BCUT2D eigenvalue weighted by molar-refractivity contribution is 7.99. The van der Waals surface area contributed by atoms with E-state index >= 15 is 0 Å². The quantitative estimate of drug-likeness (QED) is 0.557. The van der Waals surface area contributed by atoms with E-state index in [0.717, 1.165) is 6.54 Å². The van der Waals surface area contributed by atoms with Gasteiger partial charge in [0.25, 0.3) is 0 Å². The number of hydrogen-bond donors (Lipinski definition) is 1. The van der Waals surface area contributed by atoms with Gasteiger partial charge in [0.15, 0.2) is 0 Å². The molecule has 0 bridgehead atoms. The minimum Gasteiger partial charge on any atom is -0.391 e. The van der Waals surface area contributed by atoms with Gasteiger partial charge in [0, 0.05) is 11.4 Å². The van der Waals surface area contributed by atoms with Gasteiger partial charge < -0.3 is 5.32 Å². The average molecular weight is 221 g/mol. The van der Waals surface area contributed by atoms with Crippen LogP contribution in [0.15, 0.2) is 47.5 Å². The van der Waals surface area contributed by atoms with Crippen molar-refractivity contribution in [2.75, 3.05) is 12.3 Å². The molecule has 1 nitrogen and oxygen atoms in total. The number of nitrogens with one attached hydrogen (secondary N) is 1. The molecule has 0 amide bonds. The van der Waals surface area contributed by atoms with Gasteiger partial charge in [-0.3, -0.25) is 0 Å². The molecular weight excluding hydrogens is 202 g/mol. The normalized spacial score (nSPS) is 10.7. The van der Waals surface area contributed by atoms with Crippen LogP contribution in [0.2, 0.25) is 0 Å². The highest BCUT2D eigenvalue weighted by Crippen LogP contribution is 2.17. The van der Waals surface area contributed by atoms with Crippen molar-refractivity contribution in [3.05, 3.63) is 42.6 Å². The van der Waals surface area contributed by atoms with E-state index in [1.54, 1.807) is 0 Å². The third kappa shape index (κ3) is 6.24. The van der Waals surface area contributed by atoms with Crippen molar-refractivity contribution in [1.82, 2.24) is 5.32 Å². The van der Waals surface area contributed by atoms with E-state index in [4.69, 9.17) is 0 Å². The van der Waals surface area contributed by atoms with Crippen molar-refractivity contribution in [2.45, 2.75) is 24.7 Å². The van der Waals surface area contributed by atoms with Crippen LogP contribution in [0, 0.1) is 0 Å². The Morgan fingerprint density at radius 3 is 2.73 bits per heavy atom. The molecule has 0 heterocycles. The fourth-order valence-corrected chi connectivity index (χ4v) is 2.17. The Hall–Kier alpha value is -0.890. The summed E-state index contributed by atoms with van der Waals surface area (Å²) in [6.45, 7) is 3.11. The van der Waals surface area contributed by atoms with Crippen LogP contribution in [0.4, 0.5) is 0 Å². The molecule has 0 aliphatic rings. The van der Waals surface area contributed by atoms with Crippen molar-refractivity contribution >= 4 is 11.8 Å². The molecule has 15 heavy (non-hydrogen) atoms. The number of allylic oxidation sites excluding steroid dienone is 1. The lowest BCUT2D eigenvalue weighted by Crippen LogP contribution is -2.06. The summed E-state index contributed by atoms with van der Waals surface area (Å²) in [6, 6.07) is 10.6. The molecule has 0 aliphatic carbocycles. The molecule has 0 saturated carbocycles. The first-order valence-corrected chi connectivity index (χ1v) is 6.44. The molecule has 1 N–H and O–H groups in total. The number of benzene rings is 1. The molecular formula is C13H19NS. The molecule has 0 fully saturated rings. The number of unbranched alkanes of at least 4 members (excludes halogenated alkanes) is 1. The zero-order valence-corrected chi connectivity index (χ0v) is 10.1. The molecule has 0 aromatic heterocycles. The predicted octanol–water partition coefficient (Wildman–Crippen LogP) is 3.68. The van der Waals surface area contributed by atoms with Crippen molar-refractivity contribution in [3.8, 4) is 0 Å². The standard InChI is InChI=1S/C13H19NS/c1-2-10-14-11-6-7-12-15-13-8-4-3-5-9-13/h2-5,8-10,14H,6-7,11-12H2,1H3. The maximum Gasteiger partial charge on any atom is 0.0141 e. The molecule has 0 spiro atoms. The Kier molecular flexibility index (Phi) is 6.84. The maximum absolute atomic E-state index is 3.24. The molecule has 0 atom stereocenters. The largest absolute Gasteiger partial charge is 0.391 e. The molecule has 2 heteroatoms. The van der Waals surface area contributed by atoms with Crippen LogP contribution in [-0.2, 0) is 0 Å². The second kappa shape index (κ2) is 8.42. The first-order valence-electron chi connectivity index (χ1n) is 5.46. The second-order valence-electron chi connectivity index (χ2n) is 3.32. The Morgan fingerprint density at radius 1 is 1.20 bits per heavy atom. The van der Waals surface area contributed by atoms with Crippen molar-refractivity contribution in [1.29, 1.82) is 0 Å². The molecule has 0 aliphatic heterocycles. The van der Waals surface area contributed by atoms with Gasteiger partial charge in [-0.05, 0) is 43.9 Å². The Bertz CT molecular complexity index is 269. The summed E-state index contributed by atoms with van der Waals surface area (Å²) in [7, 11) is 0. The average Bonchev–Trinajstić information content (AvgIpc) is 2.29. The lowest BCUT2D eigenvalue weighted by atomic mass is 10.3. The third-order valence-corrected chi connectivity index (χ3v) is 3.11. The molecule has 0 unspecified atom stereocenters. The van der Waals surface area contributed by atoms with Gasteiger partial charge in [0.1, 0.15) is 0 Å². The molecule has 0 saturated heterocycles. The van der Waals surface area contributed by atoms with Gasteiger partial charge in [-0.1, -0.05) is 24.3 Å². The third-order valence-electron chi connectivity index (χ3n) is 2.01. The summed E-state index contributed by atoms with van der Waals surface area (Å²) in [6.07, 6.45) is 6.54. The van der Waals surface area contributed by atoms with Crippen LogP contribution >= 0.6 is 11.8 Å². The summed E-state index contributed by atoms with van der Waals surface area (Å²) in [5.41, 5.74) is 0. The first-order chi connectivity index (χ1) is 7.43. The summed E-state index contributed by atoms with van der Waals surface area (Å²) >= 11 is 1.94. The highest BCUT2D eigenvalue weighted by Gasteiger charge is 1.92. The minimum absolute atomic E-state index is 1.08. The fraction of sp³-hybridized carbons (Fsp3) is 0.385. The molecule has 1 aromatic carbocycles. The number of hydrogen-bond acceptors (Lipinski definition) is 2. The van der Waals surface area contributed by atoms with Crippen LogP contribution in [-0.4, -0.2) is 12.3 Å². The van der Waals surface area contributed by atoms with Crippen LogP contribution in [0.25, 0.3) is 0 Å². The number of rotatable bonds is 7. The Labute approximate surface area is 97.0 Å². The van der Waals surface area contributed by atoms with E-state index in [0.29, 0.717) is 0 Å². The topological polar surface area (TPSA) is 12.0 Å². The minimum atomic E-state index is 1.08. The van der Waals surface area contributed by atoms with E-state index in [-0.39, 0.29) is 0 Å². The molecule has 82 valence electrons. The zero-order valence-electron chi connectivity index (χ0n) is 9.28. The van der Waals surface area contributed by atoms with E-state index in [1.807, 2.05) is 31.0 Å². The second-order valence-corrected chi connectivity index (χ2v) is 4.49. The van der Waals surface area contributed by atoms with E-state index < -0.39 is 0 Å². The highest BCUT2D eigenvalue weighted by atomic mass is 32.2. The van der Waals surface area contributed by atoms with Crippen LogP contribution in [0.3, 0.4) is 0 Å². The van der Waals surface area contributed by atoms with Gasteiger partial charge in [-0.15, -0.1) is 11.8 Å². The van der Waals surface area contributed by atoms with Crippen LogP contribution < -0.4 is 5.32 Å².